The second-order valence-corrected chi connectivity index (χ2v) is 8.36. The Bertz CT molecular complexity index is 713. The maximum absolute atomic E-state index is 10.3. The minimum Gasteiger partial charge on any atom is -0.491 e. The number of benzene rings is 2. The van der Waals surface area contributed by atoms with Crippen molar-refractivity contribution in [3.8, 4) is 5.75 Å². The molecule has 0 amide bonds. The van der Waals surface area contributed by atoms with Crippen molar-refractivity contribution in [2.75, 3.05) is 52.5 Å². The summed E-state index contributed by atoms with van der Waals surface area (Å²) >= 11 is 0. The van der Waals surface area contributed by atoms with Gasteiger partial charge >= 0.3 is 0 Å². The zero-order valence-electron chi connectivity index (χ0n) is 18.4. The molecule has 164 valence electrons. The highest BCUT2D eigenvalue weighted by atomic mass is 16.5. The van der Waals surface area contributed by atoms with Crippen LogP contribution in [0.4, 0.5) is 0 Å². The van der Waals surface area contributed by atoms with E-state index in [1.807, 2.05) is 12.1 Å². The van der Waals surface area contributed by atoms with Gasteiger partial charge in [0.2, 0.25) is 0 Å². The van der Waals surface area contributed by atoms with E-state index in [-0.39, 0.29) is 0 Å². The number of piperazine rings is 1. The Morgan fingerprint density at radius 1 is 0.867 bits per heavy atom. The van der Waals surface area contributed by atoms with E-state index >= 15 is 0 Å². The van der Waals surface area contributed by atoms with Crippen molar-refractivity contribution < 1.29 is 14.6 Å². The van der Waals surface area contributed by atoms with E-state index in [9.17, 15) is 5.11 Å². The summed E-state index contributed by atoms with van der Waals surface area (Å²) in [5, 5.41) is 10.3. The van der Waals surface area contributed by atoms with Gasteiger partial charge in [0.25, 0.3) is 0 Å². The number of hydrogen-bond donors (Lipinski definition) is 1. The molecule has 1 aliphatic heterocycles. The van der Waals surface area contributed by atoms with E-state index in [1.165, 1.54) is 11.1 Å². The first kappa shape index (κ1) is 22.8. The molecule has 0 spiro atoms. The lowest BCUT2D eigenvalue weighted by atomic mass is 10.0. The van der Waals surface area contributed by atoms with Crippen molar-refractivity contribution in [3.05, 3.63) is 65.7 Å². The van der Waals surface area contributed by atoms with Gasteiger partial charge in [-0.3, -0.25) is 9.80 Å². The second kappa shape index (κ2) is 12.1. The molecule has 0 radical (unpaired) electrons. The lowest BCUT2D eigenvalue weighted by Crippen LogP contribution is -2.48. The zero-order valence-corrected chi connectivity index (χ0v) is 18.4. The van der Waals surface area contributed by atoms with Crippen molar-refractivity contribution in [2.45, 2.75) is 32.4 Å². The Labute approximate surface area is 181 Å². The highest BCUT2D eigenvalue weighted by Gasteiger charge is 2.19. The van der Waals surface area contributed by atoms with Crippen LogP contribution >= 0.6 is 0 Å². The number of aliphatic hydroxyl groups excluding tert-OH is 1. The predicted molar refractivity (Wildman–Crippen MR) is 121 cm³/mol. The van der Waals surface area contributed by atoms with Gasteiger partial charge in [0.1, 0.15) is 12.4 Å². The summed E-state index contributed by atoms with van der Waals surface area (Å²) in [6, 6.07) is 18.8. The first-order valence-electron chi connectivity index (χ1n) is 11.1. The van der Waals surface area contributed by atoms with Gasteiger partial charge in [-0.2, -0.15) is 0 Å². The van der Waals surface area contributed by atoms with Crippen LogP contribution in [0.5, 0.6) is 5.75 Å². The van der Waals surface area contributed by atoms with Crippen molar-refractivity contribution in [1.82, 2.24) is 9.80 Å². The molecular formula is C25H36N2O3. The molecular weight excluding hydrogens is 376 g/mol. The van der Waals surface area contributed by atoms with Crippen LogP contribution in [0, 0.1) is 0 Å². The maximum Gasteiger partial charge on any atom is 0.119 e. The number of β-amino-alcohol motifs (C(OH)–C–C–N with tert-alkyl or cyclic N) is 1. The minimum atomic E-state index is -0.462. The molecule has 1 aliphatic rings. The Kier molecular flexibility index (Phi) is 9.15. The summed E-state index contributed by atoms with van der Waals surface area (Å²) in [5.41, 5.74) is 2.67. The van der Waals surface area contributed by atoms with E-state index in [2.05, 4.69) is 66.1 Å². The number of ether oxygens (including phenoxy) is 2. The second-order valence-electron chi connectivity index (χ2n) is 8.36. The Morgan fingerprint density at radius 2 is 1.53 bits per heavy atom. The number of nitrogens with zero attached hydrogens (tertiary/aromatic N) is 2. The molecule has 1 heterocycles. The molecule has 0 aromatic heterocycles. The van der Waals surface area contributed by atoms with Crippen LogP contribution in [0.15, 0.2) is 54.6 Å². The largest absolute Gasteiger partial charge is 0.491 e. The number of hydrogen-bond acceptors (Lipinski definition) is 5. The normalized spacial score (nSPS) is 16.7. The monoisotopic (exact) mass is 412 g/mol. The van der Waals surface area contributed by atoms with E-state index in [0.717, 1.165) is 38.5 Å². The van der Waals surface area contributed by atoms with Crippen molar-refractivity contribution in [2.24, 2.45) is 0 Å². The molecule has 1 saturated heterocycles. The minimum absolute atomic E-state index is 0.347. The molecule has 2 aromatic rings. The molecule has 3 rings (SSSR count). The van der Waals surface area contributed by atoms with Crippen LogP contribution in [0.25, 0.3) is 0 Å². The average molecular weight is 413 g/mol. The van der Waals surface area contributed by atoms with Crippen molar-refractivity contribution in [1.29, 1.82) is 0 Å². The molecule has 1 fully saturated rings. The molecule has 0 bridgehead atoms. The Balaban J connectivity index is 1.24. The lowest BCUT2D eigenvalue weighted by Gasteiger charge is -2.35. The average Bonchev–Trinajstić information content (AvgIpc) is 2.76. The summed E-state index contributed by atoms with van der Waals surface area (Å²) in [7, 11) is 0. The predicted octanol–water partition coefficient (Wildman–Crippen LogP) is 3.38. The molecule has 0 saturated carbocycles. The first-order valence-corrected chi connectivity index (χ1v) is 11.1. The molecule has 0 aliphatic carbocycles. The van der Waals surface area contributed by atoms with Gasteiger partial charge < -0.3 is 14.6 Å². The summed E-state index contributed by atoms with van der Waals surface area (Å²) in [5.74, 6) is 1.38. The topological polar surface area (TPSA) is 45.2 Å². The van der Waals surface area contributed by atoms with Gasteiger partial charge in [0.15, 0.2) is 0 Å². The fourth-order valence-corrected chi connectivity index (χ4v) is 3.71. The molecule has 5 heteroatoms. The molecule has 5 nitrogen and oxygen atoms in total. The Hall–Kier alpha value is -1.92. The van der Waals surface area contributed by atoms with Crippen LogP contribution in [0.1, 0.15) is 30.9 Å². The van der Waals surface area contributed by atoms with E-state index in [4.69, 9.17) is 9.47 Å². The quantitative estimate of drug-likeness (QED) is 0.573. The van der Waals surface area contributed by atoms with E-state index in [0.29, 0.717) is 32.3 Å². The van der Waals surface area contributed by atoms with Gasteiger partial charge in [0, 0.05) is 39.3 Å². The fraction of sp³-hybridized carbons (Fsp3) is 0.520. The summed E-state index contributed by atoms with van der Waals surface area (Å²) in [6.07, 6.45) is -0.462. The maximum atomic E-state index is 10.3. The third-order valence-corrected chi connectivity index (χ3v) is 5.54. The summed E-state index contributed by atoms with van der Waals surface area (Å²) in [6.45, 7) is 11.4. The van der Waals surface area contributed by atoms with Crippen LogP contribution < -0.4 is 4.74 Å². The summed E-state index contributed by atoms with van der Waals surface area (Å²) in [4.78, 5) is 4.79. The van der Waals surface area contributed by atoms with Gasteiger partial charge in [0.05, 0.1) is 19.3 Å². The number of rotatable bonds is 11. The standard InChI is InChI=1S/C25H36N2O3/c1-21(2)23-8-10-25(11-9-23)30-17-16-29-20-24(28)19-27-14-12-26(13-15-27)18-22-6-4-3-5-7-22/h3-11,21,24,28H,12-20H2,1-2H3/t24-/m0/s1. The molecule has 1 N–H and O–H groups in total. The van der Waals surface area contributed by atoms with Crippen LogP contribution in [0.2, 0.25) is 0 Å². The van der Waals surface area contributed by atoms with Gasteiger partial charge in [-0.15, -0.1) is 0 Å². The van der Waals surface area contributed by atoms with E-state index in [1.54, 1.807) is 0 Å². The molecule has 2 aromatic carbocycles. The van der Waals surface area contributed by atoms with Gasteiger partial charge in [-0.1, -0.05) is 56.3 Å². The van der Waals surface area contributed by atoms with Crippen LogP contribution in [0.3, 0.4) is 0 Å². The SMILES string of the molecule is CC(C)c1ccc(OCCOC[C@@H](O)CN2CCN(Cc3ccccc3)CC2)cc1. The van der Waals surface area contributed by atoms with Crippen molar-refractivity contribution in [3.63, 3.8) is 0 Å². The third kappa shape index (κ3) is 7.73. The smallest absolute Gasteiger partial charge is 0.119 e. The Morgan fingerprint density at radius 3 is 2.20 bits per heavy atom. The van der Waals surface area contributed by atoms with Crippen LogP contribution in [-0.4, -0.2) is 73.6 Å². The third-order valence-electron chi connectivity index (χ3n) is 5.54. The highest BCUT2D eigenvalue weighted by Crippen LogP contribution is 2.18. The first-order chi connectivity index (χ1) is 14.6. The number of aliphatic hydroxyl groups is 1. The zero-order chi connectivity index (χ0) is 21.2. The van der Waals surface area contributed by atoms with Gasteiger partial charge in [-0.05, 0) is 29.2 Å². The molecule has 0 unspecified atom stereocenters. The molecule has 1 atom stereocenters. The highest BCUT2D eigenvalue weighted by molar-refractivity contribution is 5.28. The van der Waals surface area contributed by atoms with Gasteiger partial charge in [-0.25, -0.2) is 0 Å². The fourth-order valence-electron chi connectivity index (χ4n) is 3.71. The van der Waals surface area contributed by atoms with Crippen molar-refractivity contribution >= 4 is 0 Å². The van der Waals surface area contributed by atoms with Crippen LogP contribution in [-0.2, 0) is 11.3 Å². The summed E-state index contributed by atoms with van der Waals surface area (Å²) < 4.78 is 11.3. The van der Waals surface area contributed by atoms with E-state index < -0.39 is 6.10 Å². The molecule has 30 heavy (non-hydrogen) atoms. The lowest BCUT2D eigenvalue weighted by molar-refractivity contribution is -0.000436.